The highest BCUT2D eigenvalue weighted by Gasteiger charge is 2.26. The monoisotopic (exact) mass is 323 g/mol. The molecule has 0 radical (unpaired) electrons. The lowest BCUT2D eigenvalue weighted by Gasteiger charge is -2.23. The number of aryl methyl sites for hydroxylation is 1. The summed E-state index contributed by atoms with van der Waals surface area (Å²) in [7, 11) is 1.69. The van der Waals surface area contributed by atoms with Crippen LogP contribution in [-0.4, -0.2) is 12.1 Å². The first-order valence-corrected chi connectivity index (χ1v) is 8.59. The number of nitrogens with zero attached hydrogens (tertiary/aromatic N) is 1. The summed E-state index contributed by atoms with van der Waals surface area (Å²) < 4.78 is 6.47. The van der Waals surface area contributed by atoms with E-state index in [-0.39, 0.29) is 5.41 Å². The highest BCUT2D eigenvalue weighted by Crippen LogP contribution is 2.37. The van der Waals surface area contributed by atoms with E-state index in [1.807, 2.05) is 18.2 Å². The van der Waals surface area contributed by atoms with E-state index in [2.05, 4.69) is 49.9 Å². The van der Waals surface area contributed by atoms with Crippen LogP contribution in [0.4, 0.5) is 0 Å². The van der Waals surface area contributed by atoms with Crippen LogP contribution in [0.1, 0.15) is 23.9 Å². The zero-order chi connectivity index (χ0) is 16.3. The summed E-state index contributed by atoms with van der Waals surface area (Å²) in [4.78, 5) is 4.84. The summed E-state index contributed by atoms with van der Waals surface area (Å²) in [5.74, 6) is 0.872. The largest absolute Gasteiger partial charge is 0.497 e. The van der Waals surface area contributed by atoms with Gasteiger partial charge in [0.1, 0.15) is 10.8 Å². The van der Waals surface area contributed by atoms with E-state index in [1.54, 1.807) is 18.4 Å². The third-order valence-electron chi connectivity index (χ3n) is 4.31. The SMILES string of the molecule is C=C[C@@](C)(CCc1ccccc1)c1nc2ccc(OC)cc2s1. The Hall–Kier alpha value is -2.13. The standard InChI is InChI=1S/C20H21NOS/c1-4-20(2,13-12-15-8-6-5-7-9-15)19-21-17-11-10-16(22-3)14-18(17)23-19/h4-11,14H,1,12-13H2,2-3H3/t20-/m0/s1. The summed E-state index contributed by atoms with van der Waals surface area (Å²) in [6, 6.07) is 16.6. The molecule has 0 aliphatic rings. The van der Waals surface area contributed by atoms with Gasteiger partial charge in [-0.05, 0) is 43.5 Å². The van der Waals surface area contributed by atoms with Crippen molar-refractivity contribution in [3.05, 3.63) is 71.8 Å². The number of aromatic nitrogens is 1. The third-order valence-corrected chi connectivity index (χ3v) is 5.61. The normalized spacial score (nSPS) is 13.7. The van der Waals surface area contributed by atoms with Crippen LogP contribution < -0.4 is 4.74 Å². The second kappa shape index (κ2) is 6.55. The Morgan fingerprint density at radius 3 is 2.70 bits per heavy atom. The summed E-state index contributed by atoms with van der Waals surface area (Å²) in [6.45, 7) is 6.29. The lowest BCUT2D eigenvalue weighted by Crippen LogP contribution is -2.19. The molecule has 0 fully saturated rings. The lowest BCUT2D eigenvalue weighted by molar-refractivity contribution is 0.415. The fourth-order valence-electron chi connectivity index (χ4n) is 2.62. The molecule has 0 saturated heterocycles. The van der Waals surface area contributed by atoms with E-state index in [9.17, 15) is 0 Å². The molecular formula is C20H21NOS. The molecule has 0 saturated carbocycles. The Kier molecular flexibility index (Phi) is 4.49. The highest BCUT2D eigenvalue weighted by atomic mass is 32.1. The highest BCUT2D eigenvalue weighted by molar-refractivity contribution is 7.18. The number of allylic oxidation sites excluding steroid dienone is 1. The number of methoxy groups -OCH3 is 1. The van der Waals surface area contributed by atoms with Crippen LogP contribution in [0.15, 0.2) is 61.2 Å². The van der Waals surface area contributed by atoms with Crippen LogP contribution >= 0.6 is 11.3 Å². The minimum absolute atomic E-state index is 0.118. The Balaban J connectivity index is 1.88. The number of rotatable bonds is 6. The molecule has 0 bridgehead atoms. The van der Waals surface area contributed by atoms with Gasteiger partial charge in [-0.25, -0.2) is 4.98 Å². The molecule has 23 heavy (non-hydrogen) atoms. The van der Waals surface area contributed by atoms with Gasteiger partial charge < -0.3 is 4.74 Å². The van der Waals surface area contributed by atoms with Gasteiger partial charge in [0.2, 0.25) is 0 Å². The summed E-state index contributed by atoms with van der Waals surface area (Å²) in [6.07, 6.45) is 4.05. The van der Waals surface area contributed by atoms with Crippen LogP contribution in [0.3, 0.4) is 0 Å². The molecule has 0 N–H and O–H groups in total. The molecule has 0 aliphatic heterocycles. The summed E-state index contributed by atoms with van der Waals surface area (Å²) >= 11 is 1.73. The summed E-state index contributed by atoms with van der Waals surface area (Å²) in [5.41, 5.74) is 2.26. The van der Waals surface area contributed by atoms with Crippen molar-refractivity contribution < 1.29 is 4.74 Å². The van der Waals surface area contributed by atoms with Gasteiger partial charge in [-0.3, -0.25) is 0 Å². The number of thiazole rings is 1. The molecule has 3 rings (SSSR count). The van der Waals surface area contributed by atoms with Crippen molar-refractivity contribution >= 4 is 21.6 Å². The molecule has 2 aromatic carbocycles. The minimum Gasteiger partial charge on any atom is -0.497 e. The Bertz CT molecular complexity index is 809. The number of benzene rings is 2. The molecule has 3 heteroatoms. The zero-order valence-corrected chi connectivity index (χ0v) is 14.4. The first-order chi connectivity index (χ1) is 11.1. The average Bonchev–Trinajstić information content (AvgIpc) is 3.04. The minimum atomic E-state index is -0.118. The van der Waals surface area contributed by atoms with Crippen molar-refractivity contribution in [1.29, 1.82) is 0 Å². The Morgan fingerprint density at radius 2 is 2.00 bits per heavy atom. The van der Waals surface area contributed by atoms with Crippen molar-refractivity contribution in [3.63, 3.8) is 0 Å². The number of hydrogen-bond donors (Lipinski definition) is 0. The van der Waals surface area contributed by atoms with Crippen LogP contribution in [0, 0.1) is 0 Å². The molecule has 0 aliphatic carbocycles. The maximum absolute atomic E-state index is 5.31. The predicted molar refractivity (Wildman–Crippen MR) is 98.5 cm³/mol. The van der Waals surface area contributed by atoms with Crippen LogP contribution in [0.2, 0.25) is 0 Å². The van der Waals surface area contributed by atoms with Crippen molar-refractivity contribution in [2.45, 2.75) is 25.2 Å². The number of fused-ring (bicyclic) bond motifs is 1. The van der Waals surface area contributed by atoms with E-state index in [0.717, 1.165) is 33.8 Å². The van der Waals surface area contributed by atoms with Crippen molar-refractivity contribution in [2.24, 2.45) is 0 Å². The third kappa shape index (κ3) is 3.30. The van der Waals surface area contributed by atoms with Gasteiger partial charge >= 0.3 is 0 Å². The summed E-state index contributed by atoms with van der Waals surface area (Å²) in [5, 5.41) is 1.12. The van der Waals surface area contributed by atoms with E-state index < -0.39 is 0 Å². The van der Waals surface area contributed by atoms with Gasteiger partial charge in [0.15, 0.2) is 0 Å². The Morgan fingerprint density at radius 1 is 1.22 bits per heavy atom. The lowest BCUT2D eigenvalue weighted by atomic mass is 9.85. The van der Waals surface area contributed by atoms with Crippen molar-refractivity contribution in [3.8, 4) is 5.75 Å². The molecule has 1 aromatic heterocycles. The van der Waals surface area contributed by atoms with Crippen LogP contribution in [0.5, 0.6) is 5.75 Å². The van der Waals surface area contributed by atoms with Gasteiger partial charge in [0.25, 0.3) is 0 Å². The van der Waals surface area contributed by atoms with Gasteiger partial charge in [-0.1, -0.05) is 36.4 Å². The van der Waals surface area contributed by atoms with Gasteiger partial charge in [-0.15, -0.1) is 17.9 Å². The topological polar surface area (TPSA) is 22.1 Å². The maximum atomic E-state index is 5.31. The first kappa shape index (κ1) is 15.8. The molecular weight excluding hydrogens is 302 g/mol. The second-order valence-electron chi connectivity index (χ2n) is 5.96. The fraction of sp³-hybridized carbons (Fsp3) is 0.250. The number of ether oxygens (including phenoxy) is 1. The Labute approximate surface area is 141 Å². The van der Waals surface area contributed by atoms with Crippen molar-refractivity contribution in [2.75, 3.05) is 7.11 Å². The van der Waals surface area contributed by atoms with Gasteiger partial charge in [0.05, 0.1) is 17.3 Å². The maximum Gasteiger partial charge on any atom is 0.120 e. The molecule has 2 nitrogen and oxygen atoms in total. The van der Waals surface area contributed by atoms with E-state index >= 15 is 0 Å². The van der Waals surface area contributed by atoms with Gasteiger partial charge in [-0.2, -0.15) is 0 Å². The van der Waals surface area contributed by atoms with E-state index in [0.29, 0.717) is 0 Å². The van der Waals surface area contributed by atoms with Gasteiger partial charge in [0, 0.05) is 5.41 Å². The van der Waals surface area contributed by atoms with E-state index in [4.69, 9.17) is 9.72 Å². The zero-order valence-electron chi connectivity index (χ0n) is 13.6. The van der Waals surface area contributed by atoms with Crippen LogP contribution in [0.25, 0.3) is 10.2 Å². The predicted octanol–water partition coefficient (Wildman–Crippen LogP) is 5.38. The molecule has 118 valence electrons. The molecule has 0 amide bonds. The molecule has 1 atom stereocenters. The fourth-order valence-corrected chi connectivity index (χ4v) is 3.79. The van der Waals surface area contributed by atoms with E-state index in [1.165, 1.54) is 5.56 Å². The van der Waals surface area contributed by atoms with Crippen molar-refractivity contribution in [1.82, 2.24) is 4.98 Å². The second-order valence-corrected chi connectivity index (χ2v) is 6.99. The van der Waals surface area contributed by atoms with Crippen LogP contribution in [-0.2, 0) is 11.8 Å². The molecule has 0 unspecified atom stereocenters. The molecule has 1 heterocycles. The average molecular weight is 323 g/mol. The number of hydrogen-bond acceptors (Lipinski definition) is 3. The first-order valence-electron chi connectivity index (χ1n) is 7.77. The molecule has 3 aromatic rings. The smallest absolute Gasteiger partial charge is 0.120 e. The quantitative estimate of drug-likeness (QED) is 0.568. The molecule has 0 spiro atoms.